The Hall–Kier alpha value is -1.06. The number of nitrogens with one attached hydrogen (secondary N) is 1. The molecule has 3 heteroatoms. The van der Waals surface area contributed by atoms with E-state index in [2.05, 4.69) is 31.3 Å². The number of methoxy groups -OCH3 is 1. The largest absolute Gasteiger partial charge is 0.496 e. The molecule has 1 atom stereocenters. The second-order valence-corrected chi connectivity index (χ2v) is 5.03. The normalized spacial score (nSPS) is 12.3. The molecule has 0 bridgehead atoms. The molecule has 3 nitrogen and oxygen atoms in total. The van der Waals surface area contributed by atoms with Crippen molar-refractivity contribution in [2.45, 2.75) is 45.6 Å². The minimum Gasteiger partial charge on any atom is -0.496 e. The van der Waals surface area contributed by atoms with Crippen LogP contribution in [0.25, 0.3) is 0 Å². The quantitative estimate of drug-likeness (QED) is 0.622. The molecule has 0 aliphatic rings. The highest BCUT2D eigenvalue weighted by Crippen LogP contribution is 2.25. The summed E-state index contributed by atoms with van der Waals surface area (Å²) in [5.74, 6) is 0.929. The number of unbranched alkanes of at least 4 members (excludes halogenated alkanes) is 2. The van der Waals surface area contributed by atoms with Crippen LogP contribution >= 0.6 is 0 Å². The van der Waals surface area contributed by atoms with E-state index in [0.29, 0.717) is 6.61 Å². The van der Waals surface area contributed by atoms with E-state index in [1.165, 1.54) is 18.4 Å². The van der Waals surface area contributed by atoms with Gasteiger partial charge in [0.1, 0.15) is 5.75 Å². The molecule has 0 spiro atoms. The molecule has 0 radical (unpaired) electrons. The molecule has 0 aliphatic carbocycles. The average Bonchev–Trinajstić information content (AvgIpc) is 2.50. The molecule has 1 unspecified atom stereocenters. The molecule has 0 fully saturated rings. The first-order chi connectivity index (χ1) is 9.83. The van der Waals surface area contributed by atoms with E-state index in [4.69, 9.17) is 9.47 Å². The van der Waals surface area contributed by atoms with Crippen molar-refractivity contribution in [3.63, 3.8) is 0 Å². The van der Waals surface area contributed by atoms with Gasteiger partial charge >= 0.3 is 0 Å². The Morgan fingerprint density at radius 3 is 2.60 bits per heavy atom. The van der Waals surface area contributed by atoms with Gasteiger partial charge in [-0.3, -0.25) is 0 Å². The highest BCUT2D eigenvalue weighted by Gasteiger charge is 2.15. The first-order valence-corrected chi connectivity index (χ1v) is 7.77. The van der Waals surface area contributed by atoms with Gasteiger partial charge in [0.15, 0.2) is 0 Å². The summed E-state index contributed by atoms with van der Waals surface area (Å²) >= 11 is 0. The lowest BCUT2D eigenvalue weighted by Gasteiger charge is -2.21. The average molecular weight is 279 g/mol. The minimum absolute atomic E-state index is 0.202. The van der Waals surface area contributed by atoms with Crippen molar-refractivity contribution < 1.29 is 9.47 Å². The third-order valence-electron chi connectivity index (χ3n) is 3.33. The summed E-state index contributed by atoms with van der Waals surface area (Å²) in [6, 6.07) is 8.37. The summed E-state index contributed by atoms with van der Waals surface area (Å²) in [5, 5.41) is 3.55. The number of para-hydroxylation sites is 1. The molecule has 0 saturated carbocycles. The Bertz CT molecular complexity index is 355. The maximum absolute atomic E-state index is 5.83. The summed E-state index contributed by atoms with van der Waals surface area (Å²) in [7, 11) is 1.72. The molecule has 1 aromatic rings. The van der Waals surface area contributed by atoms with Gasteiger partial charge in [-0.15, -0.1) is 0 Å². The Labute approximate surface area is 123 Å². The molecule has 0 saturated heterocycles. The second-order valence-electron chi connectivity index (χ2n) is 5.03. The van der Waals surface area contributed by atoms with Crippen LogP contribution in [0.5, 0.6) is 5.75 Å². The zero-order valence-corrected chi connectivity index (χ0v) is 13.2. The maximum Gasteiger partial charge on any atom is 0.123 e. The van der Waals surface area contributed by atoms with Crippen LogP contribution in [-0.4, -0.2) is 26.9 Å². The summed E-state index contributed by atoms with van der Waals surface area (Å²) in [6.45, 7) is 6.91. The van der Waals surface area contributed by atoms with Crippen LogP contribution in [0.1, 0.15) is 51.1 Å². The van der Waals surface area contributed by atoms with Gasteiger partial charge in [-0.05, 0) is 25.5 Å². The molecule has 1 N–H and O–H groups in total. The van der Waals surface area contributed by atoms with Gasteiger partial charge in [0.25, 0.3) is 0 Å². The molecule has 1 aromatic carbocycles. The van der Waals surface area contributed by atoms with Gasteiger partial charge in [-0.2, -0.15) is 0 Å². The lowest BCUT2D eigenvalue weighted by atomic mass is 10.1. The number of ether oxygens (including phenoxy) is 2. The highest BCUT2D eigenvalue weighted by atomic mass is 16.5. The van der Waals surface area contributed by atoms with Crippen LogP contribution in [0.3, 0.4) is 0 Å². The van der Waals surface area contributed by atoms with E-state index >= 15 is 0 Å². The molecular formula is C17H29NO2. The summed E-state index contributed by atoms with van der Waals surface area (Å²) < 4.78 is 11.3. The fourth-order valence-corrected chi connectivity index (χ4v) is 2.19. The van der Waals surface area contributed by atoms with Gasteiger partial charge in [0, 0.05) is 12.2 Å². The van der Waals surface area contributed by atoms with Gasteiger partial charge in [-0.1, -0.05) is 44.9 Å². The van der Waals surface area contributed by atoms with Gasteiger partial charge in [0.05, 0.1) is 19.8 Å². The van der Waals surface area contributed by atoms with Crippen LogP contribution in [0.15, 0.2) is 24.3 Å². The van der Waals surface area contributed by atoms with Crippen molar-refractivity contribution in [3.8, 4) is 5.75 Å². The Balaban J connectivity index is 2.58. The SMILES string of the molecule is CCCCCOCC(NCCC)c1ccccc1OC. The van der Waals surface area contributed by atoms with E-state index < -0.39 is 0 Å². The predicted molar refractivity (Wildman–Crippen MR) is 84.4 cm³/mol. The highest BCUT2D eigenvalue weighted by molar-refractivity contribution is 5.35. The van der Waals surface area contributed by atoms with Gasteiger partial charge in [-0.25, -0.2) is 0 Å². The predicted octanol–water partition coefficient (Wildman–Crippen LogP) is 3.94. The van der Waals surface area contributed by atoms with E-state index in [1.54, 1.807) is 7.11 Å². The van der Waals surface area contributed by atoms with Gasteiger partial charge in [0.2, 0.25) is 0 Å². The summed E-state index contributed by atoms with van der Waals surface area (Å²) in [6.07, 6.45) is 4.72. The van der Waals surface area contributed by atoms with Crippen LogP contribution < -0.4 is 10.1 Å². The van der Waals surface area contributed by atoms with Crippen molar-refractivity contribution in [1.29, 1.82) is 0 Å². The van der Waals surface area contributed by atoms with Crippen molar-refractivity contribution in [3.05, 3.63) is 29.8 Å². The Kier molecular flexibility index (Phi) is 9.09. The standard InChI is InChI=1S/C17H29NO2/c1-4-6-9-13-20-14-16(18-12-5-2)15-10-7-8-11-17(15)19-3/h7-8,10-11,16,18H,4-6,9,12-14H2,1-3H3. The van der Waals surface area contributed by atoms with Crippen LogP contribution in [0, 0.1) is 0 Å². The lowest BCUT2D eigenvalue weighted by Crippen LogP contribution is -2.27. The first-order valence-electron chi connectivity index (χ1n) is 7.77. The van der Waals surface area contributed by atoms with E-state index in [9.17, 15) is 0 Å². The third-order valence-corrected chi connectivity index (χ3v) is 3.33. The monoisotopic (exact) mass is 279 g/mol. The number of hydrogen-bond acceptors (Lipinski definition) is 3. The Morgan fingerprint density at radius 1 is 1.10 bits per heavy atom. The van der Waals surface area contributed by atoms with Crippen molar-refractivity contribution in [2.24, 2.45) is 0 Å². The van der Waals surface area contributed by atoms with E-state index in [-0.39, 0.29) is 6.04 Å². The number of hydrogen-bond donors (Lipinski definition) is 1. The molecule has 0 aliphatic heterocycles. The fraction of sp³-hybridized carbons (Fsp3) is 0.647. The molecule has 1 rings (SSSR count). The van der Waals surface area contributed by atoms with E-state index in [0.717, 1.165) is 31.7 Å². The zero-order valence-electron chi connectivity index (χ0n) is 13.2. The van der Waals surface area contributed by atoms with Crippen LogP contribution in [0.4, 0.5) is 0 Å². The van der Waals surface area contributed by atoms with Crippen LogP contribution in [0.2, 0.25) is 0 Å². The smallest absolute Gasteiger partial charge is 0.123 e. The summed E-state index contributed by atoms with van der Waals surface area (Å²) in [5.41, 5.74) is 1.18. The fourth-order valence-electron chi connectivity index (χ4n) is 2.19. The minimum atomic E-state index is 0.202. The van der Waals surface area contributed by atoms with Crippen molar-refractivity contribution in [1.82, 2.24) is 5.32 Å². The molecular weight excluding hydrogens is 250 g/mol. The second kappa shape index (κ2) is 10.7. The lowest BCUT2D eigenvalue weighted by molar-refractivity contribution is 0.107. The molecule has 0 aromatic heterocycles. The third kappa shape index (κ3) is 5.93. The maximum atomic E-state index is 5.83. The Morgan fingerprint density at radius 2 is 1.90 bits per heavy atom. The number of rotatable bonds is 11. The topological polar surface area (TPSA) is 30.5 Å². The molecule has 20 heavy (non-hydrogen) atoms. The van der Waals surface area contributed by atoms with Crippen LogP contribution in [-0.2, 0) is 4.74 Å². The van der Waals surface area contributed by atoms with Crippen molar-refractivity contribution in [2.75, 3.05) is 26.9 Å². The molecule has 114 valence electrons. The number of benzene rings is 1. The van der Waals surface area contributed by atoms with E-state index in [1.807, 2.05) is 12.1 Å². The first kappa shape index (κ1) is 17.0. The van der Waals surface area contributed by atoms with Crippen molar-refractivity contribution >= 4 is 0 Å². The molecule has 0 heterocycles. The summed E-state index contributed by atoms with van der Waals surface area (Å²) in [4.78, 5) is 0. The molecule has 0 amide bonds. The zero-order chi connectivity index (χ0) is 14.6. The van der Waals surface area contributed by atoms with Gasteiger partial charge < -0.3 is 14.8 Å².